The lowest BCUT2D eigenvalue weighted by atomic mass is 10.1. The van der Waals surface area contributed by atoms with Crippen molar-refractivity contribution in [2.45, 2.75) is 12.2 Å². The summed E-state index contributed by atoms with van der Waals surface area (Å²) in [6, 6.07) is 3.80. The molecule has 10 heteroatoms. The largest absolute Gasteiger partial charge is 0.416 e. The number of carbonyl (C=O) groups is 2. The maximum absolute atomic E-state index is 12.8. The van der Waals surface area contributed by atoms with Crippen LogP contribution < -0.4 is 10.6 Å². The minimum absolute atomic E-state index is 0.00861. The average molecular weight is 368 g/mol. The minimum atomic E-state index is -4.47. The fraction of sp³-hybridized carbons (Fsp3) is 0.312. The molecule has 0 bridgehead atoms. The van der Waals surface area contributed by atoms with Crippen molar-refractivity contribution < 1.29 is 27.5 Å². The van der Waals surface area contributed by atoms with Gasteiger partial charge in [-0.15, -0.1) is 0 Å². The Kier molecular flexibility index (Phi) is 4.45. The van der Waals surface area contributed by atoms with Crippen molar-refractivity contribution in [1.82, 2.24) is 9.78 Å². The molecule has 1 aromatic carbocycles. The summed E-state index contributed by atoms with van der Waals surface area (Å²) in [6.45, 7) is 0.322. The number of nitrogens with zero attached hydrogens (tertiary/aromatic N) is 3. The maximum atomic E-state index is 12.8. The standard InChI is InChI=1S/C16H15F3N4O3/c1-26-8-11-7-22(10-4-2-9(3-5-10)16(17,18)19)15(25)13-12(14(20)24)6-21-23(11)13/h2-6,11H,7-8H2,1H3,(H2,20,24). The Balaban J connectivity index is 2.02. The number of anilines is 1. The second kappa shape index (κ2) is 6.45. The number of fused-ring (bicyclic) bond motifs is 1. The van der Waals surface area contributed by atoms with Gasteiger partial charge in [-0.05, 0) is 24.3 Å². The van der Waals surface area contributed by atoms with Gasteiger partial charge < -0.3 is 15.4 Å². The van der Waals surface area contributed by atoms with E-state index in [2.05, 4.69) is 5.10 Å². The van der Waals surface area contributed by atoms with Gasteiger partial charge >= 0.3 is 6.18 Å². The number of benzene rings is 1. The number of primary amides is 1. The van der Waals surface area contributed by atoms with E-state index in [0.29, 0.717) is 0 Å². The lowest BCUT2D eigenvalue weighted by Crippen LogP contribution is -2.45. The second-order valence-corrected chi connectivity index (χ2v) is 5.79. The van der Waals surface area contributed by atoms with Crippen molar-refractivity contribution in [3.05, 3.63) is 47.3 Å². The van der Waals surface area contributed by atoms with Crippen molar-refractivity contribution in [1.29, 1.82) is 0 Å². The molecule has 0 radical (unpaired) electrons. The molecule has 2 amide bonds. The van der Waals surface area contributed by atoms with E-state index < -0.39 is 29.6 Å². The first-order chi connectivity index (χ1) is 12.2. The van der Waals surface area contributed by atoms with Crippen LogP contribution in [0.1, 0.15) is 32.5 Å². The SMILES string of the molecule is COCC1CN(c2ccc(C(F)(F)F)cc2)C(=O)c2c(C(N)=O)cnn21. The molecule has 1 atom stereocenters. The van der Waals surface area contributed by atoms with Gasteiger partial charge in [0.15, 0.2) is 0 Å². The van der Waals surface area contributed by atoms with Crippen LogP contribution in [-0.4, -0.2) is 41.9 Å². The zero-order valence-electron chi connectivity index (χ0n) is 13.7. The van der Waals surface area contributed by atoms with E-state index in [-0.39, 0.29) is 30.1 Å². The van der Waals surface area contributed by atoms with Gasteiger partial charge in [0.05, 0.1) is 36.5 Å². The molecular formula is C16H15F3N4O3. The first kappa shape index (κ1) is 17.9. The van der Waals surface area contributed by atoms with Crippen molar-refractivity contribution in [3.8, 4) is 0 Å². The Labute approximate surface area is 146 Å². The number of hydrogen-bond donors (Lipinski definition) is 1. The highest BCUT2D eigenvalue weighted by molar-refractivity contribution is 6.12. The zero-order valence-corrected chi connectivity index (χ0v) is 13.7. The molecule has 0 aliphatic carbocycles. The molecule has 1 aromatic heterocycles. The quantitative estimate of drug-likeness (QED) is 0.892. The Morgan fingerprint density at radius 1 is 1.35 bits per heavy atom. The first-order valence-corrected chi connectivity index (χ1v) is 7.59. The zero-order chi connectivity index (χ0) is 19.1. The Morgan fingerprint density at radius 3 is 2.54 bits per heavy atom. The van der Waals surface area contributed by atoms with Crippen molar-refractivity contribution in [2.75, 3.05) is 25.2 Å². The summed E-state index contributed by atoms with van der Waals surface area (Å²) < 4.78 is 44.7. The number of ether oxygens (including phenoxy) is 1. The highest BCUT2D eigenvalue weighted by Crippen LogP contribution is 2.32. The Hall–Kier alpha value is -2.88. The smallest absolute Gasteiger partial charge is 0.382 e. The van der Waals surface area contributed by atoms with Crippen LogP contribution in [0, 0.1) is 0 Å². The molecule has 7 nitrogen and oxygen atoms in total. The normalized spacial score (nSPS) is 17.3. The predicted molar refractivity (Wildman–Crippen MR) is 84.8 cm³/mol. The Bertz CT molecular complexity index is 845. The summed E-state index contributed by atoms with van der Waals surface area (Å²) in [7, 11) is 1.47. The number of hydrogen-bond acceptors (Lipinski definition) is 4. The van der Waals surface area contributed by atoms with Crippen LogP contribution in [0.3, 0.4) is 0 Å². The molecule has 2 heterocycles. The summed E-state index contributed by atoms with van der Waals surface area (Å²) in [6.07, 6.45) is -3.27. The molecular weight excluding hydrogens is 353 g/mol. The average Bonchev–Trinajstić information content (AvgIpc) is 3.03. The van der Waals surface area contributed by atoms with Crippen molar-refractivity contribution in [3.63, 3.8) is 0 Å². The first-order valence-electron chi connectivity index (χ1n) is 7.59. The lowest BCUT2D eigenvalue weighted by Gasteiger charge is -2.33. The molecule has 0 saturated carbocycles. The third-order valence-electron chi connectivity index (χ3n) is 4.11. The van der Waals surface area contributed by atoms with Crippen LogP contribution >= 0.6 is 0 Å². The number of alkyl halides is 3. The van der Waals surface area contributed by atoms with Gasteiger partial charge in [0.1, 0.15) is 5.69 Å². The van der Waals surface area contributed by atoms with Crippen LogP contribution in [-0.2, 0) is 10.9 Å². The van der Waals surface area contributed by atoms with Crippen molar-refractivity contribution >= 4 is 17.5 Å². The number of methoxy groups -OCH3 is 1. The molecule has 1 aliphatic rings. The monoisotopic (exact) mass is 368 g/mol. The van der Waals surface area contributed by atoms with E-state index in [1.165, 1.54) is 35.0 Å². The number of nitrogens with two attached hydrogens (primary N) is 1. The molecule has 138 valence electrons. The molecule has 0 spiro atoms. The maximum Gasteiger partial charge on any atom is 0.416 e. The van der Waals surface area contributed by atoms with Gasteiger partial charge in [-0.3, -0.25) is 14.3 Å². The molecule has 0 fully saturated rings. The summed E-state index contributed by atoms with van der Waals surface area (Å²) in [5.41, 5.74) is 4.69. The molecule has 3 rings (SSSR count). The van der Waals surface area contributed by atoms with Gasteiger partial charge in [0.25, 0.3) is 11.8 Å². The van der Waals surface area contributed by atoms with E-state index in [9.17, 15) is 22.8 Å². The predicted octanol–water partition coefficient (Wildman–Crippen LogP) is 1.85. The molecule has 2 N–H and O–H groups in total. The fourth-order valence-corrected chi connectivity index (χ4v) is 2.90. The van der Waals surface area contributed by atoms with Gasteiger partial charge in [0, 0.05) is 12.8 Å². The third kappa shape index (κ3) is 3.03. The van der Waals surface area contributed by atoms with Gasteiger partial charge in [-0.25, -0.2) is 0 Å². The van der Waals surface area contributed by atoms with E-state index in [4.69, 9.17) is 10.5 Å². The number of carbonyl (C=O) groups excluding carboxylic acids is 2. The molecule has 0 saturated heterocycles. The van der Waals surface area contributed by atoms with Crippen LogP contribution in [0.4, 0.5) is 18.9 Å². The highest BCUT2D eigenvalue weighted by Gasteiger charge is 2.37. The van der Waals surface area contributed by atoms with E-state index >= 15 is 0 Å². The van der Waals surface area contributed by atoms with Gasteiger partial charge in [-0.2, -0.15) is 18.3 Å². The summed E-state index contributed by atoms with van der Waals surface area (Å²) in [5, 5.41) is 4.04. The second-order valence-electron chi connectivity index (χ2n) is 5.79. The lowest BCUT2D eigenvalue weighted by molar-refractivity contribution is -0.137. The summed E-state index contributed by atoms with van der Waals surface area (Å²) in [5.74, 6) is -1.38. The van der Waals surface area contributed by atoms with Crippen LogP contribution in [0.2, 0.25) is 0 Å². The minimum Gasteiger partial charge on any atom is -0.382 e. The number of aromatic nitrogens is 2. The van der Waals surface area contributed by atoms with Crippen LogP contribution in [0.5, 0.6) is 0 Å². The highest BCUT2D eigenvalue weighted by atomic mass is 19.4. The fourth-order valence-electron chi connectivity index (χ4n) is 2.90. The third-order valence-corrected chi connectivity index (χ3v) is 4.11. The molecule has 26 heavy (non-hydrogen) atoms. The topological polar surface area (TPSA) is 90.4 Å². The van der Waals surface area contributed by atoms with Crippen molar-refractivity contribution in [2.24, 2.45) is 5.73 Å². The van der Waals surface area contributed by atoms with Gasteiger partial charge in [-0.1, -0.05) is 0 Å². The van der Waals surface area contributed by atoms with Gasteiger partial charge in [0.2, 0.25) is 0 Å². The molecule has 2 aromatic rings. The number of halogens is 3. The van der Waals surface area contributed by atoms with Crippen LogP contribution in [0.15, 0.2) is 30.5 Å². The Morgan fingerprint density at radius 2 is 2.00 bits per heavy atom. The van der Waals surface area contributed by atoms with E-state index in [1.807, 2.05) is 0 Å². The van der Waals surface area contributed by atoms with Crippen LogP contribution in [0.25, 0.3) is 0 Å². The number of amides is 2. The molecule has 1 unspecified atom stereocenters. The van der Waals surface area contributed by atoms with E-state index in [0.717, 1.165) is 12.1 Å². The summed E-state index contributed by atoms with van der Waals surface area (Å²) in [4.78, 5) is 25.7. The van der Waals surface area contributed by atoms with E-state index in [1.54, 1.807) is 0 Å². The summed E-state index contributed by atoms with van der Waals surface area (Å²) >= 11 is 0. The number of rotatable bonds is 4. The molecule has 1 aliphatic heterocycles.